The van der Waals surface area contributed by atoms with E-state index in [-0.39, 0.29) is 6.61 Å². The first-order valence-corrected chi connectivity index (χ1v) is 5.27. The third kappa shape index (κ3) is 2.27. The largest absolute Gasteiger partial charge is 0.396 e. The summed E-state index contributed by atoms with van der Waals surface area (Å²) >= 11 is 6.00. The average Bonchev–Trinajstić information content (AvgIpc) is 2.63. The number of aryl methyl sites for hydroxylation is 1. The molecule has 0 saturated carbocycles. The minimum Gasteiger partial charge on any atom is -0.396 e. The summed E-state index contributed by atoms with van der Waals surface area (Å²) in [5.41, 5.74) is 0.673. The van der Waals surface area contributed by atoms with Gasteiger partial charge in [-0.15, -0.1) is 0 Å². The Morgan fingerprint density at radius 1 is 1.40 bits per heavy atom. The molecule has 5 heteroatoms. The molecule has 0 bridgehead atoms. The van der Waals surface area contributed by atoms with Crippen LogP contribution in [0.1, 0.15) is 12.8 Å². The van der Waals surface area contributed by atoms with E-state index in [0.29, 0.717) is 10.7 Å². The van der Waals surface area contributed by atoms with Crippen LogP contribution in [0.15, 0.2) is 18.5 Å². The van der Waals surface area contributed by atoms with E-state index in [0.717, 1.165) is 24.8 Å². The topological polar surface area (TPSA) is 50.9 Å². The van der Waals surface area contributed by atoms with Crippen LogP contribution in [0, 0.1) is 0 Å². The van der Waals surface area contributed by atoms with Gasteiger partial charge in [0.15, 0.2) is 5.65 Å². The smallest absolute Gasteiger partial charge is 0.182 e. The van der Waals surface area contributed by atoms with Crippen molar-refractivity contribution in [3.63, 3.8) is 0 Å². The Labute approximate surface area is 92.5 Å². The highest BCUT2D eigenvalue weighted by Crippen LogP contribution is 2.19. The maximum absolute atomic E-state index is 8.67. The van der Waals surface area contributed by atoms with Crippen molar-refractivity contribution < 1.29 is 5.11 Å². The molecule has 0 unspecified atom stereocenters. The molecule has 4 nitrogen and oxygen atoms in total. The lowest BCUT2D eigenvalue weighted by atomic mass is 10.3. The van der Waals surface area contributed by atoms with Gasteiger partial charge in [-0.3, -0.25) is 4.68 Å². The van der Waals surface area contributed by atoms with Crippen LogP contribution in [0.4, 0.5) is 0 Å². The van der Waals surface area contributed by atoms with E-state index >= 15 is 0 Å². The van der Waals surface area contributed by atoms with Gasteiger partial charge in [0.25, 0.3) is 0 Å². The Balaban J connectivity index is 2.20. The Hall–Kier alpha value is -1.13. The monoisotopic (exact) mass is 225 g/mol. The highest BCUT2D eigenvalue weighted by Gasteiger charge is 2.04. The lowest BCUT2D eigenvalue weighted by Gasteiger charge is -1.97. The number of hydrogen-bond donors (Lipinski definition) is 1. The highest BCUT2D eigenvalue weighted by molar-refractivity contribution is 6.35. The first-order valence-electron chi connectivity index (χ1n) is 4.90. The minimum atomic E-state index is 0.222. The molecular weight excluding hydrogens is 214 g/mol. The van der Waals surface area contributed by atoms with E-state index in [1.54, 1.807) is 12.3 Å². The van der Waals surface area contributed by atoms with Crippen molar-refractivity contribution in [3.8, 4) is 0 Å². The van der Waals surface area contributed by atoms with E-state index in [9.17, 15) is 0 Å². The summed E-state index contributed by atoms with van der Waals surface area (Å²) in [4.78, 5) is 4.13. The molecular formula is C10H12ClN3O. The summed E-state index contributed by atoms with van der Waals surface area (Å²) in [5, 5.41) is 14.5. The lowest BCUT2D eigenvalue weighted by Crippen LogP contribution is -1.99. The molecule has 15 heavy (non-hydrogen) atoms. The summed E-state index contributed by atoms with van der Waals surface area (Å²) < 4.78 is 1.82. The van der Waals surface area contributed by atoms with Crippen molar-refractivity contribution in [2.75, 3.05) is 6.61 Å². The predicted octanol–water partition coefficient (Wildman–Crippen LogP) is 1.86. The van der Waals surface area contributed by atoms with E-state index in [1.807, 2.05) is 10.9 Å². The van der Waals surface area contributed by atoms with Gasteiger partial charge >= 0.3 is 0 Å². The molecule has 0 saturated heterocycles. The van der Waals surface area contributed by atoms with E-state index < -0.39 is 0 Å². The number of fused-ring (bicyclic) bond motifs is 1. The Kier molecular flexibility index (Phi) is 3.18. The van der Waals surface area contributed by atoms with Gasteiger partial charge in [-0.2, -0.15) is 5.10 Å². The zero-order chi connectivity index (χ0) is 10.7. The molecule has 80 valence electrons. The van der Waals surface area contributed by atoms with Gasteiger partial charge in [0.05, 0.1) is 10.4 Å². The number of aliphatic hydroxyl groups is 1. The molecule has 0 fully saturated rings. The van der Waals surface area contributed by atoms with E-state index in [2.05, 4.69) is 10.1 Å². The maximum Gasteiger partial charge on any atom is 0.182 e. The molecule has 0 aromatic carbocycles. The summed E-state index contributed by atoms with van der Waals surface area (Å²) in [5.74, 6) is 0. The zero-order valence-electron chi connectivity index (χ0n) is 8.23. The van der Waals surface area contributed by atoms with Crippen LogP contribution in [0.3, 0.4) is 0 Å². The van der Waals surface area contributed by atoms with Gasteiger partial charge in [0.2, 0.25) is 0 Å². The second-order valence-corrected chi connectivity index (χ2v) is 3.76. The van der Waals surface area contributed by atoms with Crippen LogP contribution in [0.2, 0.25) is 5.02 Å². The Morgan fingerprint density at radius 2 is 2.27 bits per heavy atom. The predicted molar refractivity (Wildman–Crippen MR) is 58.9 cm³/mol. The summed E-state index contributed by atoms with van der Waals surface area (Å²) in [7, 11) is 0. The number of nitrogens with zero attached hydrogens (tertiary/aromatic N) is 3. The molecule has 0 amide bonds. The number of hydrogen-bond acceptors (Lipinski definition) is 3. The Bertz CT molecular complexity index is 455. The number of aromatic nitrogens is 3. The summed E-state index contributed by atoms with van der Waals surface area (Å²) in [6.45, 7) is 1.01. The van der Waals surface area contributed by atoms with Gasteiger partial charge in [-0.05, 0) is 18.9 Å². The van der Waals surface area contributed by atoms with Crippen LogP contribution < -0.4 is 0 Å². The van der Waals surface area contributed by atoms with E-state index in [4.69, 9.17) is 16.7 Å². The third-order valence-corrected chi connectivity index (χ3v) is 2.54. The molecule has 2 rings (SSSR count). The summed E-state index contributed by atoms with van der Waals surface area (Å²) in [6, 6.07) is 1.75. The molecule has 2 aromatic heterocycles. The number of pyridine rings is 1. The quantitative estimate of drug-likeness (QED) is 0.809. The van der Waals surface area contributed by atoms with Crippen molar-refractivity contribution in [2.45, 2.75) is 19.4 Å². The average molecular weight is 226 g/mol. The van der Waals surface area contributed by atoms with Crippen LogP contribution in [0.5, 0.6) is 0 Å². The molecule has 0 atom stereocenters. The summed E-state index contributed by atoms with van der Waals surface area (Å²) in [6.07, 6.45) is 5.23. The lowest BCUT2D eigenvalue weighted by molar-refractivity contribution is 0.280. The first-order chi connectivity index (χ1) is 7.31. The van der Waals surface area contributed by atoms with Crippen LogP contribution >= 0.6 is 11.6 Å². The molecule has 2 heterocycles. The fourth-order valence-electron chi connectivity index (χ4n) is 1.44. The van der Waals surface area contributed by atoms with Gasteiger partial charge < -0.3 is 5.11 Å². The van der Waals surface area contributed by atoms with Gasteiger partial charge in [0.1, 0.15) is 0 Å². The van der Waals surface area contributed by atoms with Crippen molar-refractivity contribution >= 4 is 22.6 Å². The highest BCUT2D eigenvalue weighted by atomic mass is 35.5. The van der Waals surface area contributed by atoms with Gasteiger partial charge in [-0.1, -0.05) is 11.6 Å². The fourth-order valence-corrected chi connectivity index (χ4v) is 1.63. The fraction of sp³-hybridized carbons (Fsp3) is 0.400. The van der Waals surface area contributed by atoms with Crippen molar-refractivity contribution in [1.29, 1.82) is 0 Å². The van der Waals surface area contributed by atoms with Crippen molar-refractivity contribution in [2.24, 2.45) is 0 Å². The molecule has 2 aromatic rings. The number of halogens is 1. The normalized spacial score (nSPS) is 11.1. The zero-order valence-corrected chi connectivity index (χ0v) is 8.98. The molecule has 1 N–H and O–H groups in total. The van der Waals surface area contributed by atoms with Crippen molar-refractivity contribution in [1.82, 2.24) is 14.8 Å². The van der Waals surface area contributed by atoms with Gasteiger partial charge in [0, 0.05) is 25.5 Å². The molecule has 0 aliphatic carbocycles. The third-order valence-electron chi connectivity index (χ3n) is 2.21. The molecule has 0 radical (unpaired) electrons. The minimum absolute atomic E-state index is 0.222. The second-order valence-electron chi connectivity index (χ2n) is 3.35. The SMILES string of the molecule is OCCCCn1cc2c(Cl)ccnc2n1. The van der Waals surface area contributed by atoms with Crippen LogP contribution in [0.25, 0.3) is 11.0 Å². The maximum atomic E-state index is 8.67. The molecule has 0 aliphatic heterocycles. The standard InChI is InChI=1S/C10H12ClN3O/c11-9-3-4-12-10-8(9)7-14(13-10)5-1-2-6-15/h3-4,7,15H,1-2,5-6H2. The second kappa shape index (κ2) is 4.59. The molecule has 0 aliphatic rings. The number of aliphatic hydroxyl groups excluding tert-OH is 1. The first kappa shape index (κ1) is 10.4. The van der Waals surface area contributed by atoms with Crippen molar-refractivity contribution in [3.05, 3.63) is 23.5 Å². The number of rotatable bonds is 4. The van der Waals surface area contributed by atoms with Crippen LogP contribution in [-0.4, -0.2) is 26.5 Å². The number of unbranched alkanes of at least 4 members (excludes halogenated alkanes) is 1. The van der Waals surface area contributed by atoms with Gasteiger partial charge in [-0.25, -0.2) is 4.98 Å². The van der Waals surface area contributed by atoms with Crippen LogP contribution in [-0.2, 0) is 6.54 Å². The molecule has 0 spiro atoms. The Morgan fingerprint density at radius 3 is 3.00 bits per heavy atom. The van der Waals surface area contributed by atoms with E-state index in [1.165, 1.54) is 0 Å².